The zero-order valence-corrected chi connectivity index (χ0v) is 13.9. The van der Waals surface area contributed by atoms with Crippen LogP contribution in [0.4, 0.5) is 0 Å². The van der Waals surface area contributed by atoms with Crippen LogP contribution in [-0.2, 0) is 11.2 Å². The van der Waals surface area contributed by atoms with Crippen LogP contribution in [0, 0.1) is 6.92 Å². The van der Waals surface area contributed by atoms with E-state index < -0.39 is 0 Å². The first-order valence-corrected chi connectivity index (χ1v) is 8.32. The number of likely N-dealkylation sites (tertiary alicyclic amines) is 1. The van der Waals surface area contributed by atoms with Gasteiger partial charge in [-0.3, -0.25) is 4.79 Å². The average molecular weight is 334 g/mol. The van der Waals surface area contributed by atoms with Crippen molar-refractivity contribution >= 4 is 17.5 Å². The molecule has 1 aromatic carbocycles. The Hall–Kier alpha value is -1.88. The Balaban J connectivity index is 1.58. The molecule has 2 heterocycles. The molecule has 5 nitrogen and oxygen atoms in total. The second-order valence-corrected chi connectivity index (χ2v) is 6.36. The fourth-order valence-electron chi connectivity index (χ4n) is 2.99. The molecule has 0 radical (unpaired) electrons. The number of piperidine rings is 1. The maximum Gasteiger partial charge on any atom is 0.231 e. The number of nitrogens with zero attached hydrogens (tertiary/aromatic N) is 3. The van der Waals surface area contributed by atoms with Crippen LogP contribution >= 0.6 is 11.6 Å². The number of carbonyl (C=O) groups excluding carboxylic acids is 1. The van der Waals surface area contributed by atoms with E-state index in [1.54, 1.807) is 0 Å². The van der Waals surface area contributed by atoms with Crippen LogP contribution in [-0.4, -0.2) is 34.0 Å². The van der Waals surface area contributed by atoms with Gasteiger partial charge in [0.15, 0.2) is 5.82 Å². The summed E-state index contributed by atoms with van der Waals surface area (Å²) in [5, 5.41) is 4.56. The number of carbonyl (C=O) groups is 1. The normalized spacial score (nSPS) is 18.2. The van der Waals surface area contributed by atoms with E-state index in [9.17, 15) is 4.79 Å². The van der Waals surface area contributed by atoms with E-state index in [2.05, 4.69) is 10.1 Å². The van der Waals surface area contributed by atoms with E-state index in [1.807, 2.05) is 36.1 Å². The molecule has 1 aliphatic heterocycles. The zero-order valence-electron chi connectivity index (χ0n) is 13.2. The van der Waals surface area contributed by atoms with Gasteiger partial charge in [0.25, 0.3) is 0 Å². The van der Waals surface area contributed by atoms with Crippen LogP contribution in [0.5, 0.6) is 0 Å². The highest BCUT2D eigenvalue weighted by atomic mass is 35.5. The average Bonchev–Trinajstić information content (AvgIpc) is 3.00. The predicted molar refractivity (Wildman–Crippen MR) is 87.4 cm³/mol. The minimum Gasteiger partial charge on any atom is -0.342 e. The molecule has 2 aromatic rings. The van der Waals surface area contributed by atoms with Crippen LogP contribution < -0.4 is 0 Å². The van der Waals surface area contributed by atoms with Gasteiger partial charge in [0, 0.05) is 24.5 Å². The molecule has 0 spiro atoms. The number of halogens is 1. The van der Waals surface area contributed by atoms with Gasteiger partial charge in [0.1, 0.15) is 0 Å². The molecule has 0 unspecified atom stereocenters. The van der Waals surface area contributed by atoms with Crippen molar-refractivity contribution in [2.75, 3.05) is 13.1 Å². The molecule has 1 saturated heterocycles. The summed E-state index contributed by atoms with van der Waals surface area (Å²) in [6.07, 6.45) is 3.08. The molecule has 1 amide bonds. The van der Waals surface area contributed by atoms with Gasteiger partial charge in [0.2, 0.25) is 11.8 Å². The van der Waals surface area contributed by atoms with Gasteiger partial charge < -0.3 is 9.42 Å². The Morgan fingerprint density at radius 3 is 3.00 bits per heavy atom. The number of aromatic nitrogens is 2. The van der Waals surface area contributed by atoms with Crippen LogP contribution in [0.15, 0.2) is 28.8 Å². The Kier molecular flexibility index (Phi) is 4.96. The molecule has 122 valence electrons. The number of aryl methyl sites for hydroxylation is 2. The van der Waals surface area contributed by atoms with E-state index >= 15 is 0 Å². The van der Waals surface area contributed by atoms with Crippen molar-refractivity contribution in [1.82, 2.24) is 15.0 Å². The minimum absolute atomic E-state index is 0.147. The Labute approximate surface area is 140 Å². The fraction of sp³-hybridized carbons (Fsp3) is 0.471. The maximum absolute atomic E-state index is 12.5. The highest BCUT2D eigenvalue weighted by molar-refractivity contribution is 6.31. The molecule has 0 aliphatic carbocycles. The molecule has 1 fully saturated rings. The summed E-state index contributed by atoms with van der Waals surface area (Å²) in [5.74, 6) is 1.59. The minimum atomic E-state index is 0.147. The third-order valence-corrected chi connectivity index (χ3v) is 4.60. The molecular weight excluding hydrogens is 314 g/mol. The van der Waals surface area contributed by atoms with E-state index in [0.29, 0.717) is 31.1 Å². The summed E-state index contributed by atoms with van der Waals surface area (Å²) in [4.78, 5) is 18.7. The van der Waals surface area contributed by atoms with Crippen molar-refractivity contribution in [3.05, 3.63) is 46.6 Å². The van der Waals surface area contributed by atoms with E-state index in [1.165, 1.54) is 0 Å². The number of benzene rings is 1. The smallest absolute Gasteiger partial charge is 0.231 e. The lowest BCUT2D eigenvalue weighted by atomic mass is 9.97. The Morgan fingerprint density at radius 2 is 2.26 bits per heavy atom. The quantitative estimate of drug-likeness (QED) is 0.860. The summed E-state index contributed by atoms with van der Waals surface area (Å²) in [6, 6.07) is 7.67. The van der Waals surface area contributed by atoms with Gasteiger partial charge >= 0.3 is 0 Å². The summed E-state index contributed by atoms with van der Waals surface area (Å²) in [7, 11) is 0. The Bertz CT molecular complexity index is 686. The lowest BCUT2D eigenvalue weighted by Gasteiger charge is -2.31. The third-order valence-electron chi connectivity index (χ3n) is 4.23. The van der Waals surface area contributed by atoms with Crippen molar-refractivity contribution in [3.63, 3.8) is 0 Å². The van der Waals surface area contributed by atoms with Gasteiger partial charge in [-0.05, 0) is 37.8 Å². The van der Waals surface area contributed by atoms with Crippen LogP contribution in [0.2, 0.25) is 5.02 Å². The number of amides is 1. The van der Waals surface area contributed by atoms with Crippen molar-refractivity contribution < 1.29 is 9.32 Å². The third kappa shape index (κ3) is 3.91. The van der Waals surface area contributed by atoms with Gasteiger partial charge in [0.05, 0.1) is 5.92 Å². The predicted octanol–water partition coefficient (Wildman–Crippen LogP) is 3.37. The van der Waals surface area contributed by atoms with Gasteiger partial charge in [-0.2, -0.15) is 4.98 Å². The fourth-order valence-corrected chi connectivity index (χ4v) is 3.22. The lowest BCUT2D eigenvalue weighted by molar-refractivity contribution is -0.132. The second kappa shape index (κ2) is 7.13. The Morgan fingerprint density at radius 1 is 1.43 bits per heavy atom. The van der Waals surface area contributed by atoms with Gasteiger partial charge in [-0.15, -0.1) is 0 Å². The van der Waals surface area contributed by atoms with Gasteiger partial charge in [-0.1, -0.05) is 35.0 Å². The highest BCUT2D eigenvalue weighted by Crippen LogP contribution is 2.26. The summed E-state index contributed by atoms with van der Waals surface area (Å²) in [6.45, 7) is 3.26. The maximum atomic E-state index is 12.5. The molecule has 1 atom stereocenters. The monoisotopic (exact) mass is 333 g/mol. The number of hydrogen-bond donors (Lipinski definition) is 0. The lowest BCUT2D eigenvalue weighted by Crippen LogP contribution is -2.39. The molecule has 0 saturated carbocycles. The summed E-state index contributed by atoms with van der Waals surface area (Å²) < 4.78 is 5.26. The molecular formula is C17H20ClN3O2. The molecule has 0 N–H and O–H groups in total. The van der Waals surface area contributed by atoms with Crippen molar-refractivity contribution in [2.24, 2.45) is 0 Å². The highest BCUT2D eigenvalue weighted by Gasteiger charge is 2.28. The van der Waals surface area contributed by atoms with E-state index in [0.717, 1.165) is 30.0 Å². The molecule has 3 rings (SSSR count). The molecule has 1 aromatic heterocycles. The van der Waals surface area contributed by atoms with Crippen molar-refractivity contribution in [3.8, 4) is 0 Å². The second-order valence-electron chi connectivity index (χ2n) is 5.95. The SMILES string of the molecule is Cc1noc([C@H]2CCCN(C(=O)CCc3ccccc3Cl)C2)n1. The molecule has 23 heavy (non-hydrogen) atoms. The first-order valence-electron chi connectivity index (χ1n) is 7.95. The van der Waals surface area contributed by atoms with E-state index in [4.69, 9.17) is 16.1 Å². The number of rotatable bonds is 4. The summed E-state index contributed by atoms with van der Waals surface area (Å²) >= 11 is 6.15. The largest absolute Gasteiger partial charge is 0.342 e. The van der Waals surface area contributed by atoms with Crippen LogP contribution in [0.1, 0.15) is 42.5 Å². The van der Waals surface area contributed by atoms with Crippen LogP contribution in [0.3, 0.4) is 0 Å². The van der Waals surface area contributed by atoms with Crippen LogP contribution in [0.25, 0.3) is 0 Å². The molecule has 1 aliphatic rings. The molecule has 0 bridgehead atoms. The summed E-state index contributed by atoms with van der Waals surface area (Å²) in [5.41, 5.74) is 1.02. The molecule has 6 heteroatoms. The topological polar surface area (TPSA) is 59.2 Å². The first-order chi connectivity index (χ1) is 11.1. The van der Waals surface area contributed by atoms with E-state index in [-0.39, 0.29) is 11.8 Å². The van der Waals surface area contributed by atoms with Crippen molar-refractivity contribution in [1.29, 1.82) is 0 Å². The first kappa shape index (κ1) is 16.0. The zero-order chi connectivity index (χ0) is 16.2. The van der Waals surface area contributed by atoms with Crippen molar-refractivity contribution in [2.45, 2.75) is 38.5 Å². The standard InChI is InChI=1S/C17H20ClN3O2/c1-12-19-17(23-20-12)14-6-4-10-21(11-14)16(22)9-8-13-5-2-3-7-15(13)18/h2-3,5,7,14H,4,6,8-11H2,1H3/t14-/m0/s1. The number of hydrogen-bond acceptors (Lipinski definition) is 4. The van der Waals surface area contributed by atoms with Gasteiger partial charge in [-0.25, -0.2) is 0 Å².